The maximum absolute atomic E-state index is 12.6. The van der Waals surface area contributed by atoms with Crippen LogP contribution in [0.1, 0.15) is 6.92 Å². The van der Waals surface area contributed by atoms with E-state index in [1.54, 1.807) is 36.4 Å². The molecule has 168 valence electrons. The van der Waals surface area contributed by atoms with Crippen molar-refractivity contribution in [1.29, 1.82) is 0 Å². The summed E-state index contributed by atoms with van der Waals surface area (Å²) < 4.78 is 22.7. The quantitative estimate of drug-likeness (QED) is 0.547. The Kier molecular flexibility index (Phi) is 7.33. The molecule has 0 spiro atoms. The van der Waals surface area contributed by atoms with Crippen LogP contribution in [0.15, 0.2) is 53.3 Å². The Morgan fingerprint density at radius 2 is 1.66 bits per heavy atom. The summed E-state index contributed by atoms with van der Waals surface area (Å²) in [6.07, 6.45) is 0. The minimum Gasteiger partial charge on any atom is -0.493 e. The highest BCUT2D eigenvalue weighted by Gasteiger charge is 2.16. The van der Waals surface area contributed by atoms with Gasteiger partial charge in [0, 0.05) is 11.6 Å². The van der Waals surface area contributed by atoms with E-state index in [1.807, 2.05) is 13.0 Å². The first kappa shape index (κ1) is 22.7. The molecule has 9 nitrogen and oxygen atoms in total. The maximum atomic E-state index is 12.6. The molecule has 2 aromatic carbocycles. The summed E-state index contributed by atoms with van der Waals surface area (Å²) in [5.41, 5.74) is 1.21. The number of nitrogens with zero attached hydrogens (tertiary/aromatic N) is 2. The third kappa shape index (κ3) is 5.00. The molecule has 1 N–H and O–H groups in total. The smallest absolute Gasteiger partial charge is 0.267 e. The molecule has 1 amide bonds. The number of benzene rings is 2. The van der Waals surface area contributed by atoms with Crippen LogP contribution in [0.5, 0.6) is 23.0 Å². The van der Waals surface area contributed by atoms with E-state index >= 15 is 0 Å². The zero-order valence-corrected chi connectivity index (χ0v) is 18.4. The molecular weight excluding hydrogens is 414 g/mol. The van der Waals surface area contributed by atoms with Gasteiger partial charge in [-0.05, 0) is 37.3 Å². The third-order valence-electron chi connectivity index (χ3n) is 4.58. The number of anilines is 1. The third-order valence-corrected chi connectivity index (χ3v) is 4.58. The molecule has 0 fully saturated rings. The number of hydrogen-bond acceptors (Lipinski definition) is 7. The van der Waals surface area contributed by atoms with Crippen LogP contribution >= 0.6 is 0 Å². The number of ether oxygens (including phenoxy) is 4. The highest BCUT2D eigenvalue weighted by atomic mass is 16.5. The molecule has 0 atom stereocenters. The number of carbonyl (C=O) groups is 1. The zero-order chi connectivity index (χ0) is 23.1. The average Bonchev–Trinajstić information content (AvgIpc) is 2.80. The second-order valence-corrected chi connectivity index (χ2v) is 6.61. The van der Waals surface area contributed by atoms with Gasteiger partial charge in [-0.1, -0.05) is 12.1 Å². The number of nitrogens with one attached hydrogen (secondary N) is 1. The van der Waals surface area contributed by atoms with Crippen LogP contribution in [0, 0.1) is 0 Å². The number of para-hydroxylation sites is 2. The van der Waals surface area contributed by atoms with Gasteiger partial charge in [0.1, 0.15) is 12.3 Å². The predicted octanol–water partition coefficient (Wildman–Crippen LogP) is 2.97. The lowest BCUT2D eigenvalue weighted by Crippen LogP contribution is -2.29. The number of methoxy groups -OCH3 is 3. The molecule has 0 bridgehead atoms. The first-order valence-corrected chi connectivity index (χ1v) is 9.91. The summed E-state index contributed by atoms with van der Waals surface area (Å²) in [6, 6.07) is 13.4. The summed E-state index contributed by atoms with van der Waals surface area (Å²) in [5, 5.41) is 7.11. The fourth-order valence-electron chi connectivity index (χ4n) is 3.12. The molecule has 32 heavy (non-hydrogen) atoms. The van der Waals surface area contributed by atoms with Gasteiger partial charge in [0.2, 0.25) is 11.7 Å². The van der Waals surface area contributed by atoms with E-state index in [0.29, 0.717) is 46.5 Å². The molecule has 0 saturated carbocycles. The maximum Gasteiger partial charge on any atom is 0.267 e. The SMILES string of the molecule is CCOc1ccccc1NC(=O)Cn1nc(-c2cc(OC)c(OC)c(OC)c2)ccc1=O. The van der Waals surface area contributed by atoms with Crippen molar-refractivity contribution in [1.82, 2.24) is 9.78 Å². The summed E-state index contributed by atoms with van der Waals surface area (Å²) in [7, 11) is 4.54. The largest absolute Gasteiger partial charge is 0.493 e. The Hall–Kier alpha value is -4.01. The lowest BCUT2D eigenvalue weighted by molar-refractivity contribution is -0.117. The van der Waals surface area contributed by atoms with Crippen LogP contribution in [0.2, 0.25) is 0 Å². The van der Waals surface area contributed by atoms with E-state index in [-0.39, 0.29) is 6.54 Å². The first-order chi connectivity index (χ1) is 15.5. The van der Waals surface area contributed by atoms with E-state index in [2.05, 4.69) is 10.4 Å². The molecule has 0 aliphatic heterocycles. The van der Waals surface area contributed by atoms with Crippen LogP contribution in [-0.4, -0.2) is 43.6 Å². The van der Waals surface area contributed by atoms with Crippen molar-refractivity contribution >= 4 is 11.6 Å². The molecule has 1 heterocycles. The van der Waals surface area contributed by atoms with Gasteiger partial charge in [0.15, 0.2) is 11.5 Å². The molecule has 3 rings (SSSR count). The Balaban J connectivity index is 1.88. The standard InChI is InChI=1S/C23H25N3O6/c1-5-32-18-9-7-6-8-17(18)24-21(27)14-26-22(28)11-10-16(25-26)15-12-19(29-2)23(31-4)20(13-15)30-3/h6-13H,5,14H2,1-4H3,(H,24,27). The average molecular weight is 439 g/mol. The van der Waals surface area contributed by atoms with Crippen molar-refractivity contribution in [2.45, 2.75) is 13.5 Å². The van der Waals surface area contributed by atoms with E-state index in [9.17, 15) is 9.59 Å². The molecule has 0 unspecified atom stereocenters. The Labute approximate surface area is 185 Å². The van der Waals surface area contributed by atoms with E-state index in [1.165, 1.54) is 27.4 Å². The Morgan fingerprint density at radius 3 is 2.28 bits per heavy atom. The molecule has 0 aliphatic carbocycles. The second kappa shape index (κ2) is 10.3. The lowest BCUT2D eigenvalue weighted by Gasteiger charge is -2.14. The molecular formula is C23H25N3O6. The zero-order valence-electron chi connectivity index (χ0n) is 18.4. The molecule has 0 aliphatic rings. The predicted molar refractivity (Wildman–Crippen MR) is 120 cm³/mol. The number of hydrogen-bond donors (Lipinski definition) is 1. The van der Waals surface area contributed by atoms with E-state index in [0.717, 1.165) is 4.68 Å². The van der Waals surface area contributed by atoms with Crippen molar-refractivity contribution in [3.63, 3.8) is 0 Å². The van der Waals surface area contributed by atoms with Crippen molar-refractivity contribution in [3.05, 3.63) is 58.9 Å². The Bertz CT molecular complexity index is 1130. The second-order valence-electron chi connectivity index (χ2n) is 6.61. The fourth-order valence-corrected chi connectivity index (χ4v) is 3.12. The number of rotatable bonds is 9. The monoisotopic (exact) mass is 439 g/mol. The van der Waals surface area contributed by atoms with Crippen LogP contribution < -0.4 is 29.8 Å². The van der Waals surface area contributed by atoms with E-state index in [4.69, 9.17) is 18.9 Å². The van der Waals surface area contributed by atoms with Gasteiger partial charge in [-0.2, -0.15) is 5.10 Å². The number of amides is 1. The highest BCUT2D eigenvalue weighted by molar-refractivity contribution is 5.92. The van der Waals surface area contributed by atoms with Crippen molar-refractivity contribution in [3.8, 4) is 34.3 Å². The highest BCUT2D eigenvalue weighted by Crippen LogP contribution is 2.40. The van der Waals surface area contributed by atoms with Gasteiger partial charge in [-0.3, -0.25) is 9.59 Å². The van der Waals surface area contributed by atoms with Gasteiger partial charge >= 0.3 is 0 Å². The Morgan fingerprint density at radius 1 is 0.969 bits per heavy atom. The van der Waals surface area contributed by atoms with Gasteiger partial charge in [0.05, 0.1) is 39.3 Å². The molecule has 0 saturated heterocycles. The van der Waals surface area contributed by atoms with Crippen molar-refractivity contribution in [2.75, 3.05) is 33.3 Å². The fraction of sp³-hybridized carbons (Fsp3) is 0.261. The molecule has 1 aromatic heterocycles. The van der Waals surface area contributed by atoms with Gasteiger partial charge < -0.3 is 24.3 Å². The van der Waals surface area contributed by atoms with Gasteiger partial charge in [-0.25, -0.2) is 4.68 Å². The van der Waals surface area contributed by atoms with Crippen LogP contribution in [0.3, 0.4) is 0 Å². The van der Waals surface area contributed by atoms with E-state index < -0.39 is 11.5 Å². The lowest BCUT2D eigenvalue weighted by atomic mass is 10.1. The number of aromatic nitrogens is 2. The summed E-state index contributed by atoms with van der Waals surface area (Å²) >= 11 is 0. The molecule has 0 radical (unpaired) electrons. The van der Waals surface area contributed by atoms with Crippen molar-refractivity contribution < 1.29 is 23.7 Å². The van der Waals surface area contributed by atoms with Crippen LogP contribution in [0.4, 0.5) is 5.69 Å². The summed E-state index contributed by atoms with van der Waals surface area (Å²) in [4.78, 5) is 24.9. The molecule has 3 aromatic rings. The number of carbonyl (C=O) groups excluding carboxylic acids is 1. The van der Waals surface area contributed by atoms with Gasteiger partial charge in [-0.15, -0.1) is 0 Å². The van der Waals surface area contributed by atoms with Crippen LogP contribution in [-0.2, 0) is 11.3 Å². The van der Waals surface area contributed by atoms with Crippen molar-refractivity contribution in [2.24, 2.45) is 0 Å². The summed E-state index contributed by atoms with van der Waals surface area (Å²) in [5.74, 6) is 1.49. The normalized spacial score (nSPS) is 10.4. The first-order valence-electron chi connectivity index (χ1n) is 9.91. The summed E-state index contributed by atoms with van der Waals surface area (Å²) in [6.45, 7) is 2.05. The topological polar surface area (TPSA) is 101 Å². The van der Waals surface area contributed by atoms with Gasteiger partial charge in [0.25, 0.3) is 5.56 Å². The minimum absolute atomic E-state index is 0.266. The minimum atomic E-state index is -0.409. The molecule has 9 heteroatoms. The van der Waals surface area contributed by atoms with Crippen LogP contribution in [0.25, 0.3) is 11.3 Å².